The smallest absolute Gasteiger partial charge is 0.161 e. The van der Waals surface area contributed by atoms with Gasteiger partial charge in [0.2, 0.25) is 0 Å². The molecule has 0 aliphatic carbocycles. The van der Waals surface area contributed by atoms with Crippen LogP contribution in [0.5, 0.6) is 11.5 Å². The maximum Gasteiger partial charge on any atom is 0.161 e. The van der Waals surface area contributed by atoms with Gasteiger partial charge in [0.25, 0.3) is 0 Å². The molecule has 100 valence electrons. The van der Waals surface area contributed by atoms with Crippen LogP contribution >= 0.6 is 0 Å². The Morgan fingerprint density at radius 2 is 2.06 bits per heavy atom. The van der Waals surface area contributed by atoms with Gasteiger partial charge in [-0.25, -0.2) is 0 Å². The van der Waals surface area contributed by atoms with Crippen molar-refractivity contribution in [3.05, 3.63) is 36.4 Å². The normalized spacial score (nSPS) is 10.1. The highest BCUT2D eigenvalue weighted by molar-refractivity contribution is 5.42. The van der Waals surface area contributed by atoms with E-state index >= 15 is 0 Å². The molecule has 0 saturated heterocycles. The fraction of sp³-hybridized carbons (Fsp3) is 0.467. The quantitative estimate of drug-likeness (QED) is 0.540. The summed E-state index contributed by atoms with van der Waals surface area (Å²) in [5.41, 5.74) is 0.831. The lowest BCUT2D eigenvalue weighted by molar-refractivity contribution is 0.272. The van der Waals surface area contributed by atoms with Gasteiger partial charge in [0, 0.05) is 0 Å². The number of allylic oxidation sites excluding steroid dienone is 1. The van der Waals surface area contributed by atoms with Gasteiger partial charge in [0.15, 0.2) is 11.5 Å². The number of hydrogen-bond donors (Lipinski definition) is 1. The van der Waals surface area contributed by atoms with Crippen LogP contribution in [0.1, 0.15) is 31.2 Å². The summed E-state index contributed by atoms with van der Waals surface area (Å²) in [5, 5.41) is 9.09. The van der Waals surface area contributed by atoms with Crippen LogP contribution in [-0.2, 0) is 6.61 Å². The van der Waals surface area contributed by atoms with Gasteiger partial charge in [0.1, 0.15) is 0 Å². The van der Waals surface area contributed by atoms with Crippen LogP contribution in [0.25, 0.3) is 0 Å². The standard InChI is InChI=1S/C15H22O3/c1-3-4-5-6-7-10-18-15-11-13(12-16)8-9-14(15)17-2/h3,8-9,11,16H,1,4-7,10,12H2,2H3. The molecule has 0 saturated carbocycles. The van der Waals surface area contributed by atoms with Crippen LogP contribution < -0.4 is 9.47 Å². The predicted octanol–water partition coefficient (Wildman–Crippen LogP) is 3.31. The van der Waals surface area contributed by atoms with Crippen molar-refractivity contribution in [2.75, 3.05) is 13.7 Å². The summed E-state index contributed by atoms with van der Waals surface area (Å²) < 4.78 is 10.9. The molecule has 0 aromatic heterocycles. The van der Waals surface area contributed by atoms with Gasteiger partial charge < -0.3 is 14.6 Å². The SMILES string of the molecule is C=CCCCCCOc1cc(CO)ccc1OC. The second-order valence-electron chi connectivity index (χ2n) is 4.13. The zero-order valence-corrected chi connectivity index (χ0v) is 11.0. The van der Waals surface area contributed by atoms with Gasteiger partial charge in [-0.2, -0.15) is 0 Å². The Labute approximate surface area is 109 Å². The molecule has 0 aliphatic rings. The Bertz CT molecular complexity index is 361. The Kier molecular flexibility index (Phi) is 6.96. The molecule has 1 aromatic carbocycles. The molecule has 18 heavy (non-hydrogen) atoms. The van der Waals surface area contributed by atoms with Gasteiger partial charge in [0.05, 0.1) is 20.3 Å². The molecule has 1 rings (SSSR count). The van der Waals surface area contributed by atoms with E-state index < -0.39 is 0 Å². The average molecular weight is 250 g/mol. The predicted molar refractivity (Wildman–Crippen MR) is 73.1 cm³/mol. The van der Waals surface area contributed by atoms with E-state index in [1.54, 1.807) is 7.11 Å². The molecule has 0 heterocycles. The van der Waals surface area contributed by atoms with Crippen LogP contribution in [0, 0.1) is 0 Å². The molecule has 3 heteroatoms. The summed E-state index contributed by atoms with van der Waals surface area (Å²) in [5.74, 6) is 1.41. The van der Waals surface area contributed by atoms with E-state index in [2.05, 4.69) is 6.58 Å². The molecule has 0 amide bonds. The van der Waals surface area contributed by atoms with E-state index in [0.717, 1.165) is 31.2 Å². The monoisotopic (exact) mass is 250 g/mol. The summed E-state index contributed by atoms with van der Waals surface area (Å²) in [6.45, 7) is 4.38. The molecule has 0 unspecified atom stereocenters. The minimum atomic E-state index is 0.0136. The number of ether oxygens (including phenoxy) is 2. The summed E-state index contributed by atoms with van der Waals surface area (Å²) in [6, 6.07) is 5.47. The van der Waals surface area contributed by atoms with Crippen molar-refractivity contribution in [3.63, 3.8) is 0 Å². The Hall–Kier alpha value is -1.48. The Morgan fingerprint density at radius 3 is 2.72 bits per heavy atom. The summed E-state index contributed by atoms with van der Waals surface area (Å²) in [6.07, 6.45) is 6.30. The zero-order chi connectivity index (χ0) is 13.2. The maximum atomic E-state index is 9.09. The third-order valence-corrected chi connectivity index (χ3v) is 2.72. The van der Waals surface area contributed by atoms with E-state index in [-0.39, 0.29) is 6.61 Å². The van der Waals surface area contributed by atoms with Crippen LogP contribution in [0.15, 0.2) is 30.9 Å². The van der Waals surface area contributed by atoms with Gasteiger partial charge in [-0.1, -0.05) is 12.1 Å². The second kappa shape index (κ2) is 8.59. The molecule has 3 nitrogen and oxygen atoms in total. The zero-order valence-electron chi connectivity index (χ0n) is 11.0. The largest absolute Gasteiger partial charge is 0.493 e. The van der Waals surface area contributed by atoms with Crippen molar-refractivity contribution in [1.29, 1.82) is 0 Å². The van der Waals surface area contributed by atoms with Crippen molar-refractivity contribution in [3.8, 4) is 11.5 Å². The maximum absolute atomic E-state index is 9.09. The molecule has 1 N–H and O–H groups in total. The molecule has 0 atom stereocenters. The summed E-state index contributed by atoms with van der Waals surface area (Å²) >= 11 is 0. The first-order chi connectivity index (χ1) is 8.81. The molecular weight excluding hydrogens is 228 g/mol. The minimum absolute atomic E-state index is 0.0136. The molecule has 1 aromatic rings. The molecule has 0 aliphatic heterocycles. The van der Waals surface area contributed by atoms with Gasteiger partial charge in [-0.05, 0) is 43.4 Å². The lowest BCUT2D eigenvalue weighted by atomic mass is 10.2. The lowest BCUT2D eigenvalue weighted by Crippen LogP contribution is -2.00. The van der Waals surface area contributed by atoms with Crippen molar-refractivity contribution in [2.45, 2.75) is 32.3 Å². The number of aliphatic hydroxyl groups is 1. The number of benzene rings is 1. The highest BCUT2D eigenvalue weighted by atomic mass is 16.5. The fourth-order valence-corrected chi connectivity index (χ4v) is 1.68. The molecule has 0 spiro atoms. The van der Waals surface area contributed by atoms with Gasteiger partial charge in [-0.15, -0.1) is 6.58 Å². The lowest BCUT2D eigenvalue weighted by Gasteiger charge is -2.11. The number of hydrogen-bond acceptors (Lipinski definition) is 3. The van der Waals surface area contributed by atoms with E-state index in [4.69, 9.17) is 14.6 Å². The third kappa shape index (κ3) is 4.80. The number of rotatable bonds is 9. The number of aliphatic hydroxyl groups excluding tert-OH is 1. The molecular formula is C15H22O3. The average Bonchev–Trinajstić information content (AvgIpc) is 2.42. The number of unbranched alkanes of at least 4 members (excludes halogenated alkanes) is 3. The Morgan fingerprint density at radius 1 is 1.22 bits per heavy atom. The summed E-state index contributed by atoms with van der Waals surface area (Å²) in [4.78, 5) is 0. The topological polar surface area (TPSA) is 38.7 Å². The highest BCUT2D eigenvalue weighted by Crippen LogP contribution is 2.28. The molecule has 0 radical (unpaired) electrons. The Balaban J connectivity index is 2.42. The van der Waals surface area contributed by atoms with Crippen LogP contribution in [-0.4, -0.2) is 18.8 Å². The van der Waals surface area contributed by atoms with E-state index in [9.17, 15) is 0 Å². The van der Waals surface area contributed by atoms with Crippen molar-refractivity contribution < 1.29 is 14.6 Å². The molecule has 0 bridgehead atoms. The van der Waals surface area contributed by atoms with E-state index in [0.29, 0.717) is 18.1 Å². The van der Waals surface area contributed by atoms with Crippen LogP contribution in [0.3, 0.4) is 0 Å². The minimum Gasteiger partial charge on any atom is -0.493 e. The first-order valence-corrected chi connectivity index (χ1v) is 6.33. The van der Waals surface area contributed by atoms with E-state index in [1.807, 2.05) is 24.3 Å². The second-order valence-corrected chi connectivity index (χ2v) is 4.13. The van der Waals surface area contributed by atoms with E-state index in [1.165, 1.54) is 0 Å². The van der Waals surface area contributed by atoms with Crippen LogP contribution in [0.2, 0.25) is 0 Å². The number of methoxy groups -OCH3 is 1. The van der Waals surface area contributed by atoms with Crippen molar-refractivity contribution >= 4 is 0 Å². The highest BCUT2D eigenvalue weighted by Gasteiger charge is 2.05. The van der Waals surface area contributed by atoms with Crippen molar-refractivity contribution in [2.24, 2.45) is 0 Å². The fourth-order valence-electron chi connectivity index (χ4n) is 1.68. The van der Waals surface area contributed by atoms with Gasteiger partial charge >= 0.3 is 0 Å². The summed E-state index contributed by atoms with van der Waals surface area (Å²) in [7, 11) is 1.62. The molecule has 0 fully saturated rings. The van der Waals surface area contributed by atoms with Gasteiger partial charge in [-0.3, -0.25) is 0 Å². The third-order valence-electron chi connectivity index (χ3n) is 2.72. The van der Waals surface area contributed by atoms with Crippen molar-refractivity contribution in [1.82, 2.24) is 0 Å². The first-order valence-electron chi connectivity index (χ1n) is 6.33. The van der Waals surface area contributed by atoms with Crippen LogP contribution in [0.4, 0.5) is 0 Å². The first kappa shape index (κ1) is 14.6.